The number of nitrogens with zero attached hydrogens (tertiary/aromatic N) is 1. The molecule has 0 radical (unpaired) electrons. The fourth-order valence-corrected chi connectivity index (χ4v) is 2.94. The number of benzene rings is 1. The maximum absolute atomic E-state index is 14.5. The Morgan fingerprint density at radius 3 is 2.90 bits per heavy atom. The van der Waals surface area contributed by atoms with E-state index in [-0.39, 0.29) is 12.4 Å². The molecule has 156 valence electrons. The molecule has 2 aromatic rings. The minimum absolute atomic E-state index is 0.0605. The third-order valence-corrected chi connectivity index (χ3v) is 4.55. The second-order valence-corrected chi connectivity index (χ2v) is 7.65. The molecule has 0 saturated carbocycles. The molecule has 0 spiro atoms. The monoisotopic (exact) mass is 426 g/mol. The highest BCUT2D eigenvalue weighted by Gasteiger charge is 2.26. The molecule has 1 aromatic heterocycles. The van der Waals surface area contributed by atoms with Gasteiger partial charge in [0.25, 0.3) is 5.91 Å². The van der Waals surface area contributed by atoms with Gasteiger partial charge in [0.15, 0.2) is 11.6 Å². The molecule has 2 rings (SSSR count). The molecule has 0 saturated heterocycles. The van der Waals surface area contributed by atoms with Crippen molar-refractivity contribution < 1.29 is 18.7 Å². The topological polar surface area (TPSA) is 60.5 Å². The second-order valence-electron chi connectivity index (χ2n) is 6.75. The number of terminal acetylenes is 1. The maximum atomic E-state index is 14.5. The Bertz CT molecular complexity index is 1030. The molecule has 1 heterocycles. The van der Waals surface area contributed by atoms with E-state index in [1.54, 1.807) is 32.2 Å². The number of fused-ring (bicyclic) bond motifs is 1. The van der Waals surface area contributed by atoms with Crippen LogP contribution in [0, 0.1) is 30.0 Å². The summed E-state index contributed by atoms with van der Waals surface area (Å²) >= 11 is 1.14. The molecular formula is C23H23FN2O3S. The zero-order chi connectivity index (χ0) is 22.1. The van der Waals surface area contributed by atoms with Gasteiger partial charge >= 0.3 is 0 Å². The molecule has 1 atom stereocenters. The summed E-state index contributed by atoms with van der Waals surface area (Å²) in [7, 11) is 0. The lowest BCUT2D eigenvalue weighted by atomic mass is 10.1. The fourth-order valence-electron chi connectivity index (χ4n) is 2.47. The van der Waals surface area contributed by atoms with Gasteiger partial charge in [0.05, 0.1) is 17.7 Å². The molecule has 1 N–H and O–H groups in total. The van der Waals surface area contributed by atoms with Crippen LogP contribution in [0.2, 0.25) is 0 Å². The van der Waals surface area contributed by atoms with Crippen molar-refractivity contribution in [2.24, 2.45) is 0 Å². The molecule has 1 unspecified atom stereocenters. The molecule has 7 heteroatoms. The van der Waals surface area contributed by atoms with Gasteiger partial charge in [0.2, 0.25) is 5.44 Å². The highest BCUT2D eigenvalue weighted by atomic mass is 32.2. The summed E-state index contributed by atoms with van der Waals surface area (Å²) in [6.45, 7) is 7.70. The van der Waals surface area contributed by atoms with Crippen LogP contribution in [0.3, 0.4) is 0 Å². The van der Waals surface area contributed by atoms with E-state index in [1.165, 1.54) is 18.3 Å². The Morgan fingerprint density at radius 2 is 2.23 bits per heavy atom. The number of hydrogen-bond acceptors (Lipinski definition) is 5. The Hall–Kier alpha value is -3.00. The number of hydrogen-bond donors (Lipinski definition) is 1. The molecule has 5 nitrogen and oxygen atoms in total. The molecule has 0 aliphatic heterocycles. The van der Waals surface area contributed by atoms with Gasteiger partial charge in [0.1, 0.15) is 6.61 Å². The van der Waals surface area contributed by atoms with E-state index in [4.69, 9.17) is 15.9 Å². The molecule has 1 aromatic carbocycles. The molecule has 0 fully saturated rings. The normalized spacial score (nSPS) is 11.7. The number of carbonyl (C=O) groups is 1. The summed E-state index contributed by atoms with van der Waals surface area (Å²) in [5, 5.41) is 3.42. The van der Waals surface area contributed by atoms with Crippen molar-refractivity contribution in [3.05, 3.63) is 48.4 Å². The smallest absolute Gasteiger partial charge is 0.272 e. The van der Waals surface area contributed by atoms with Crippen molar-refractivity contribution >= 4 is 28.6 Å². The minimum Gasteiger partial charge on any atom is -0.467 e. The van der Waals surface area contributed by atoms with Crippen LogP contribution in [-0.4, -0.2) is 41.3 Å². The van der Waals surface area contributed by atoms with Gasteiger partial charge in [-0.2, -0.15) is 0 Å². The lowest BCUT2D eigenvalue weighted by Crippen LogP contribution is -2.47. The summed E-state index contributed by atoms with van der Waals surface area (Å²) in [4.78, 5) is 16.8. The van der Waals surface area contributed by atoms with E-state index in [1.807, 2.05) is 0 Å². The predicted molar refractivity (Wildman–Crippen MR) is 119 cm³/mol. The molecule has 0 aliphatic rings. The summed E-state index contributed by atoms with van der Waals surface area (Å²) in [5.74, 6) is 7.16. The highest BCUT2D eigenvalue weighted by Crippen LogP contribution is 2.27. The lowest BCUT2D eigenvalue weighted by Gasteiger charge is -2.24. The first kappa shape index (κ1) is 23.3. The Balaban J connectivity index is 2.13. The van der Waals surface area contributed by atoms with E-state index < -0.39 is 22.7 Å². The third-order valence-electron chi connectivity index (χ3n) is 3.81. The average Bonchev–Trinajstić information content (AvgIpc) is 2.71. The first-order chi connectivity index (χ1) is 14.3. The van der Waals surface area contributed by atoms with Crippen molar-refractivity contribution in [2.75, 3.05) is 19.5 Å². The van der Waals surface area contributed by atoms with Crippen LogP contribution in [0.1, 0.15) is 19.4 Å². The highest BCUT2D eigenvalue weighted by molar-refractivity contribution is 7.99. The van der Waals surface area contributed by atoms with Gasteiger partial charge in [0, 0.05) is 23.2 Å². The van der Waals surface area contributed by atoms with Crippen LogP contribution in [0.4, 0.5) is 4.39 Å². The van der Waals surface area contributed by atoms with Crippen LogP contribution in [0.15, 0.2) is 37.1 Å². The number of thioether (sulfide) groups is 1. The van der Waals surface area contributed by atoms with Gasteiger partial charge in [-0.1, -0.05) is 23.8 Å². The Labute approximate surface area is 180 Å². The average molecular weight is 427 g/mol. The van der Waals surface area contributed by atoms with Gasteiger partial charge in [-0.25, -0.2) is 4.39 Å². The number of halogens is 1. The zero-order valence-corrected chi connectivity index (χ0v) is 17.9. The summed E-state index contributed by atoms with van der Waals surface area (Å²) in [5.41, 5.74) is -0.783. The lowest BCUT2D eigenvalue weighted by molar-refractivity contribution is -0.125. The van der Waals surface area contributed by atoms with Gasteiger partial charge in [-0.3, -0.25) is 9.78 Å². The van der Waals surface area contributed by atoms with Crippen LogP contribution in [0.25, 0.3) is 10.9 Å². The van der Waals surface area contributed by atoms with Crippen molar-refractivity contribution in [1.29, 1.82) is 0 Å². The van der Waals surface area contributed by atoms with Crippen molar-refractivity contribution in [2.45, 2.75) is 24.8 Å². The Kier molecular flexibility index (Phi) is 8.29. The third kappa shape index (κ3) is 6.52. The SMILES string of the molecule is C#Cc1cnc2cc(F)c(OC(SC)C(=O)NC(C)(C)C#CCOCC=C)cc2c1. The molecular weight excluding hydrogens is 403 g/mol. The number of rotatable bonds is 8. The van der Waals surface area contributed by atoms with E-state index in [9.17, 15) is 9.18 Å². The van der Waals surface area contributed by atoms with Gasteiger partial charge in [-0.15, -0.1) is 24.8 Å². The largest absolute Gasteiger partial charge is 0.467 e. The first-order valence-corrected chi connectivity index (χ1v) is 10.3. The summed E-state index contributed by atoms with van der Waals surface area (Å²) < 4.78 is 25.3. The van der Waals surface area contributed by atoms with Crippen LogP contribution in [-0.2, 0) is 9.53 Å². The molecule has 0 aliphatic carbocycles. The van der Waals surface area contributed by atoms with E-state index >= 15 is 0 Å². The minimum atomic E-state index is -0.973. The zero-order valence-electron chi connectivity index (χ0n) is 17.1. The van der Waals surface area contributed by atoms with Gasteiger partial charge in [-0.05, 0) is 32.2 Å². The second kappa shape index (κ2) is 10.7. The van der Waals surface area contributed by atoms with Crippen LogP contribution < -0.4 is 10.1 Å². The molecule has 30 heavy (non-hydrogen) atoms. The molecule has 0 bridgehead atoms. The summed E-state index contributed by atoms with van der Waals surface area (Å²) in [6, 6.07) is 4.44. The van der Waals surface area contributed by atoms with Gasteiger partial charge < -0.3 is 14.8 Å². The standard InChI is InChI=1S/C23H23FN2O3S/c1-6-10-28-11-8-9-23(3,4)26-21(27)22(30-5)29-20-13-17-12-16(7-2)15-25-19(17)14-18(20)24/h2,6,12-15,22H,1,10-11H2,3-5H3,(H,26,27). The van der Waals surface area contributed by atoms with Crippen molar-refractivity contribution in [3.63, 3.8) is 0 Å². The van der Waals surface area contributed by atoms with Crippen molar-refractivity contribution in [1.82, 2.24) is 10.3 Å². The number of carbonyl (C=O) groups excluding carboxylic acids is 1. The van der Waals surface area contributed by atoms with Crippen LogP contribution >= 0.6 is 11.8 Å². The van der Waals surface area contributed by atoms with E-state index in [2.05, 4.69) is 34.6 Å². The quantitative estimate of drug-likeness (QED) is 0.303. The number of ether oxygens (including phenoxy) is 2. The number of aromatic nitrogens is 1. The predicted octanol–water partition coefficient (Wildman–Crippen LogP) is 3.52. The first-order valence-electron chi connectivity index (χ1n) is 9.05. The van der Waals surface area contributed by atoms with Crippen LogP contribution in [0.5, 0.6) is 5.75 Å². The van der Waals surface area contributed by atoms with E-state index in [0.29, 0.717) is 23.1 Å². The van der Waals surface area contributed by atoms with Crippen molar-refractivity contribution in [3.8, 4) is 29.9 Å². The Morgan fingerprint density at radius 1 is 1.47 bits per heavy atom. The fraction of sp³-hybridized carbons (Fsp3) is 0.304. The number of amides is 1. The number of nitrogens with one attached hydrogen (secondary N) is 1. The number of pyridine rings is 1. The molecule has 1 amide bonds. The maximum Gasteiger partial charge on any atom is 0.272 e. The van der Waals surface area contributed by atoms with E-state index in [0.717, 1.165) is 11.8 Å². The summed E-state index contributed by atoms with van der Waals surface area (Å²) in [6.07, 6.45) is 10.2.